The van der Waals surface area contributed by atoms with Crippen molar-refractivity contribution in [2.75, 3.05) is 33.4 Å². The van der Waals surface area contributed by atoms with Gasteiger partial charge in [0, 0.05) is 20.2 Å². The molecule has 1 unspecified atom stereocenters. The fourth-order valence-corrected chi connectivity index (χ4v) is 1.85. The summed E-state index contributed by atoms with van der Waals surface area (Å²) in [4.78, 5) is 11.9. The second-order valence-corrected chi connectivity index (χ2v) is 3.81. The topological polar surface area (TPSA) is 50.4 Å². The predicted octanol–water partition coefficient (Wildman–Crippen LogP) is 0.139. The van der Waals surface area contributed by atoms with Gasteiger partial charge >= 0.3 is 0 Å². The van der Waals surface area contributed by atoms with Gasteiger partial charge in [0.05, 0.1) is 12.0 Å². The molecule has 0 aromatic rings. The summed E-state index contributed by atoms with van der Waals surface area (Å²) in [6.45, 7) is 5.02. The first-order chi connectivity index (χ1) is 6.75. The van der Waals surface area contributed by atoms with Crippen LogP contribution < -0.4 is 10.6 Å². The van der Waals surface area contributed by atoms with Gasteiger partial charge in [0.15, 0.2) is 0 Å². The van der Waals surface area contributed by atoms with Gasteiger partial charge in [-0.1, -0.05) is 6.92 Å². The second-order valence-electron chi connectivity index (χ2n) is 3.81. The number of ether oxygens (including phenoxy) is 1. The lowest BCUT2D eigenvalue weighted by atomic mass is 9.83. The molecule has 1 atom stereocenters. The number of rotatable bonds is 5. The van der Waals surface area contributed by atoms with Gasteiger partial charge in [0.2, 0.25) is 5.91 Å². The maximum atomic E-state index is 11.9. The second kappa shape index (κ2) is 5.32. The van der Waals surface area contributed by atoms with Crippen LogP contribution in [0.25, 0.3) is 0 Å². The van der Waals surface area contributed by atoms with E-state index in [0.29, 0.717) is 13.2 Å². The van der Waals surface area contributed by atoms with E-state index in [2.05, 4.69) is 17.6 Å². The summed E-state index contributed by atoms with van der Waals surface area (Å²) in [6.07, 6.45) is 1.85. The Labute approximate surface area is 85.4 Å². The molecular weight excluding hydrogens is 180 g/mol. The highest BCUT2D eigenvalue weighted by atomic mass is 16.5. The largest absolute Gasteiger partial charge is 0.383 e. The molecule has 1 rings (SSSR count). The molecule has 0 saturated carbocycles. The molecule has 1 aliphatic rings. The molecule has 0 aromatic heterocycles. The Hall–Kier alpha value is -0.610. The molecule has 1 fully saturated rings. The fourth-order valence-electron chi connectivity index (χ4n) is 1.85. The van der Waals surface area contributed by atoms with Crippen LogP contribution in [-0.4, -0.2) is 39.3 Å². The summed E-state index contributed by atoms with van der Waals surface area (Å²) in [5.74, 6) is 0.169. The van der Waals surface area contributed by atoms with Crippen molar-refractivity contribution in [2.24, 2.45) is 5.41 Å². The molecule has 0 spiro atoms. The van der Waals surface area contributed by atoms with E-state index in [0.717, 1.165) is 25.9 Å². The zero-order valence-electron chi connectivity index (χ0n) is 9.06. The Bertz CT molecular complexity index is 189. The van der Waals surface area contributed by atoms with E-state index < -0.39 is 0 Å². The standard InChI is InChI=1S/C10H20N2O2/c1-3-10(4-5-11-8-10)9(13)12-6-7-14-2/h11H,3-8H2,1-2H3,(H,12,13). The van der Waals surface area contributed by atoms with Crippen molar-refractivity contribution in [3.05, 3.63) is 0 Å². The number of methoxy groups -OCH3 is 1. The molecule has 82 valence electrons. The van der Waals surface area contributed by atoms with E-state index in [4.69, 9.17) is 4.74 Å². The molecule has 0 aromatic carbocycles. The summed E-state index contributed by atoms with van der Waals surface area (Å²) >= 11 is 0. The molecule has 1 heterocycles. The van der Waals surface area contributed by atoms with E-state index in [9.17, 15) is 4.79 Å². The first-order valence-electron chi connectivity index (χ1n) is 5.23. The highest BCUT2D eigenvalue weighted by Crippen LogP contribution is 2.29. The van der Waals surface area contributed by atoms with E-state index in [1.807, 2.05) is 0 Å². The van der Waals surface area contributed by atoms with Crippen molar-refractivity contribution >= 4 is 5.91 Å². The summed E-state index contributed by atoms with van der Waals surface area (Å²) < 4.78 is 4.89. The molecule has 1 amide bonds. The minimum atomic E-state index is -0.173. The van der Waals surface area contributed by atoms with Crippen LogP contribution >= 0.6 is 0 Å². The molecule has 1 aliphatic heterocycles. The number of amides is 1. The fraction of sp³-hybridized carbons (Fsp3) is 0.900. The Kier molecular flexibility index (Phi) is 4.35. The van der Waals surface area contributed by atoms with Crippen LogP contribution in [0, 0.1) is 5.41 Å². The van der Waals surface area contributed by atoms with Gasteiger partial charge < -0.3 is 15.4 Å². The zero-order valence-corrected chi connectivity index (χ0v) is 9.06. The average Bonchev–Trinajstić information content (AvgIpc) is 2.67. The summed E-state index contributed by atoms with van der Waals surface area (Å²) in [7, 11) is 1.64. The van der Waals surface area contributed by atoms with Crippen molar-refractivity contribution in [2.45, 2.75) is 19.8 Å². The highest BCUT2D eigenvalue weighted by Gasteiger charge is 2.38. The number of carbonyl (C=O) groups excluding carboxylic acids is 1. The molecule has 0 aliphatic carbocycles. The zero-order chi connectivity index (χ0) is 10.4. The smallest absolute Gasteiger partial charge is 0.227 e. The lowest BCUT2D eigenvalue weighted by Gasteiger charge is -2.25. The van der Waals surface area contributed by atoms with Gasteiger partial charge in [-0.2, -0.15) is 0 Å². The summed E-state index contributed by atoms with van der Waals surface area (Å²) in [6, 6.07) is 0. The van der Waals surface area contributed by atoms with Crippen LogP contribution in [0.4, 0.5) is 0 Å². The van der Waals surface area contributed by atoms with Crippen molar-refractivity contribution in [3.63, 3.8) is 0 Å². The number of hydrogen-bond acceptors (Lipinski definition) is 3. The molecule has 2 N–H and O–H groups in total. The molecule has 1 saturated heterocycles. The van der Waals surface area contributed by atoms with Crippen molar-refractivity contribution in [1.29, 1.82) is 0 Å². The Morgan fingerprint density at radius 3 is 2.93 bits per heavy atom. The minimum absolute atomic E-state index is 0.169. The van der Waals surface area contributed by atoms with Gasteiger partial charge in [0.1, 0.15) is 0 Å². The molecule has 4 heteroatoms. The van der Waals surface area contributed by atoms with Crippen LogP contribution in [0.5, 0.6) is 0 Å². The van der Waals surface area contributed by atoms with Crippen molar-refractivity contribution < 1.29 is 9.53 Å². The Morgan fingerprint density at radius 1 is 1.64 bits per heavy atom. The maximum Gasteiger partial charge on any atom is 0.227 e. The first kappa shape index (κ1) is 11.5. The van der Waals surface area contributed by atoms with Gasteiger partial charge in [-0.05, 0) is 19.4 Å². The van der Waals surface area contributed by atoms with Crippen LogP contribution in [0.15, 0.2) is 0 Å². The SMILES string of the molecule is CCC1(C(=O)NCCOC)CCNC1. The van der Waals surface area contributed by atoms with E-state index in [1.165, 1.54) is 0 Å². The number of nitrogens with one attached hydrogen (secondary N) is 2. The normalized spacial score (nSPS) is 26.4. The molecular formula is C10H20N2O2. The average molecular weight is 200 g/mol. The third-order valence-electron chi connectivity index (χ3n) is 2.99. The lowest BCUT2D eigenvalue weighted by molar-refractivity contribution is -0.130. The molecule has 0 bridgehead atoms. The summed E-state index contributed by atoms with van der Waals surface area (Å²) in [5.41, 5.74) is -0.173. The van der Waals surface area contributed by atoms with Crippen LogP contribution in [0.1, 0.15) is 19.8 Å². The quantitative estimate of drug-likeness (QED) is 0.621. The molecule has 14 heavy (non-hydrogen) atoms. The van der Waals surface area contributed by atoms with Gasteiger partial charge in [0.25, 0.3) is 0 Å². The molecule has 0 radical (unpaired) electrons. The third kappa shape index (κ3) is 2.45. The van der Waals surface area contributed by atoms with E-state index >= 15 is 0 Å². The first-order valence-corrected chi connectivity index (χ1v) is 5.23. The Balaban J connectivity index is 2.40. The van der Waals surface area contributed by atoms with Crippen molar-refractivity contribution in [1.82, 2.24) is 10.6 Å². The van der Waals surface area contributed by atoms with E-state index in [1.54, 1.807) is 7.11 Å². The minimum Gasteiger partial charge on any atom is -0.383 e. The van der Waals surface area contributed by atoms with Crippen LogP contribution in [-0.2, 0) is 9.53 Å². The van der Waals surface area contributed by atoms with E-state index in [-0.39, 0.29) is 11.3 Å². The Morgan fingerprint density at radius 2 is 2.43 bits per heavy atom. The van der Waals surface area contributed by atoms with Gasteiger partial charge in [-0.3, -0.25) is 4.79 Å². The molecule has 4 nitrogen and oxygen atoms in total. The number of hydrogen-bond donors (Lipinski definition) is 2. The summed E-state index contributed by atoms with van der Waals surface area (Å²) in [5, 5.41) is 6.16. The van der Waals surface area contributed by atoms with Gasteiger partial charge in [-0.25, -0.2) is 0 Å². The predicted molar refractivity (Wildman–Crippen MR) is 55.1 cm³/mol. The lowest BCUT2D eigenvalue weighted by Crippen LogP contribution is -2.43. The third-order valence-corrected chi connectivity index (χ3v) is 2.99. The van der Waals surface area contributed by atoms with Gasteiger partial charge in [-0.15, -0.1) is 0 Å². The van der Waals surface area contributed by atoms with Crippen LogP contribution in [0.2, 0.25) is 0 Å². The highest BCUT2D eigenvalue weighted by molar-refractivity contribution is 5.83. The monoisotopic (exact) mass is 200 g/mol. The van der Waals surface area contributed by atoms with Crippen LogP contribution in [0.3, 0.4) is 0 Å². The number of carbonyl (C=O) groups is 1. The maximum absolute atomic E-state index is 11.9. The van der Waals surface area contributed by atoms with Crippen molar-refractivity contribution in [3.8, 4) is 0 Å².